The van der Waals surface area contributed by atoms with E-state index in [2.05, 4.69) is 88.5 Å². The van der Waals surface area contributed by atoms with E-state index in [0.717, 1.165) is 50.1 Å². The first-order valence-corrected chi connectivity index (χ1v) is 23.8. The summed E-state index contributed by atoms with van der Waals surface area (Å²) in [4.78, 5) is 71.8. The molecule has 2 N–H and O–H groups in total. The molecule has 15 nitrogen and oxygen atoms in total. The highest BCUT2D eigenvalue weighted by molar-refractivity contribution is 5.96. The molecule has 15 heteroatoms. The average molecular weight is 917 g/mol. The van der Waals surface area contributed by atoms with E-state index in [1.807, 2.05) is 39.0 Å². The van der Waals surface area contributed by atoms with E-state index >= 15 is 0 Å². The Hall–Kier alpha value is -5.73. The van der Waals surface area contributed by atoms with Gasteiger partial charge >= 0.3 is 5.97 Å². The van der Waals surface area contributed by atoms with Crippen LogP contribution in [0.15, 0.2) is 70.8 Å². The number of hydrogen-bond acceptors (Lipinski definition) is 11. The molecule has 67 heavy (non-hydrogen) atoms. The van der Waals surface area contributed by atoms with Crippen molar-refractivity contribution < 1.29 is 33.4 Å². The number of nitrogens with one attached hydrogen (secondary N) is 2. The van der Waals surface area contributed by atoms with Crippen LogP contribution in [0.2, 0.25) is 0 Å². The molecule has 1 saturated heterocycles. The number of carbonyl (C=O) groups is 4. The molecule has 4 atom stereocenters. The number of benzene rings is 2. The summed E-state index contributed by atoms with van der Waals surface area (Å²) in [7, 11) is 4.96. The molecule has 0 radical (unpaired) electrons. The summed E-state index contributed by atoms with van der Waals surface area (Å²) in [6.07, 6.45) is 4.44. The number of ether oxygens (including phenoxy) is 3. The Labute approximate surface area is 394 Å². The predicted molar refractivity (Wildman–Crippen MR) is 258 cm³/mol. The van der Waals surface area contributed by atoms with Gasteiger partial charge in [-0.25, -0.2) is 15.4 Å². The number of rotatable bonds is 13. The van der Waals surface area contributed by atoms with E-state index < -0.39 is 35.4 Å². The second kappa shape index (κ2) is 21.5. The summed E-state index contributed by atoms with van der Waals surface area (Å²) < 4.78 is 19.3. The number of fused-ring (bicyclic) bond motifs is 6. The molecule has 2 aliphatic heterocycles. The van der Waals surface area contributed by atoms with Gasteiger partial charge in [-0.05, 0) is 98.4 Å². The minimum atomic E-state index is -1.02. The van der Waals surface area contributed by atoms with Gasteiger partial charge in [-0.3, -0.25) is 29.2 Å². The summed E-state index contributed by atoms with van der Waals surface area (Å²) in [6.45, 7) is 14.3. The molecule has 4 aromatic rings. The van der Waals surface area contributed by atoms with Gasteiger partial charge in [0.2, 0.25) is 11.8 Å². The van der Waals surface area contributed by atoms with E-state index in [1.54, 1.807) is 27.5 Å². The lowest BCUT2D eigenvalue weighted by molar-refractivity contribution is -0.155. The topological polar surface area (TPSA) is 169 Å². The number of carbonyl (C=O) groups excluding carboxylic acids is 4. The number of hydrogen-bond donors (Lipinski definition) is 2. The summed E-state index contributed by atoms with van der Waals surface area (Å²) in [5.74, 6) is -1.94. The SMILES string of the molecule is CCn1c(-c2cccnc2[C@H](C)OC)c2c3cc(ccc31)-c1cccc(c1)C[C@H](NC(=O)C(C(C)C)N(C)C(=O)[C@H]1C[C@H](N=C=NCCOC)C1)C(=O)N1CCC[C@H](N1)C(=O)OCC(C)(C)C2. The van der Waals surface area contributed by atoms with Gasteiger partial charge in [0.05, 0.1) is 49.3 Å². The van der Waals surface area contributed by atoms with Crippen LogP contribution in [-0.4, -0.2) is 121 Å². The lowest BCUT2D eigenvalue weighted by Crippen LogP contribution is -2.62. The zero-order valence-electron chi connectivity index (χ0n) is 40.6. The fraction of sp³-hybridized carbons (Fsp3) is 0.538. The summed E-state index contributed by atoms with van der Waals surface area (Å²) in [5, 5.41) is 5.63. The molecule has 3 amide bonds. The summed E-state index contributed by atoms with van der Waals surface area (Å²) in [6, 6.07) is 18.7. The average Bonchev–Trinajstić information content (AvgIpc) is 3.61. The van der Waals surface area contributed by atoms with Crippen molar-refractivity contribution in [2.75, 3.05) is 47.6 Å². The zero-order valence-corrected chi connectivity index (χ0v) is 40.6. The molecule has 1 aliphatic carbocycles. The first-order valence-electron chi connectivity index (χ1n) is 23.8. The maximum absolute atomic E-state index is 14.7. The Kier molecular flexibility index (Phi) is 15.8. The quantitative estimate of drug-likeness (QED) is 0.0830. The third-order valence-electron chi connectivity index (χ3n) is 13.5. The van der Waals surface area contributed by atoms with Crippen LogP contribution in [-0.2, 0) is 52.8 Å². The molecule has 1 unspecified atom stereocenters. The third kappa shape index (κ3) is 11.0. The van der Waals surface area contributed by atoms with Crippen molar-refractivity contribution in [1.82, 2.24) is 30.2 Å². The van der Waals surface area contributed by atoms with Gasteiger partial charge in [0.1, 0.15) is 18.1 Å². The summed E-state index contributed by atoms with van der Waals surface area (Å²) in [5.41, 5.74) is 10.6. The standard InChI is InChI=1S/C52H68N8O7/c1-10-59-44-19-18-36-28-40(44)41(47(59)39-16-12-20-54-45(39)33(4)66-9)29-52(5,6)30-67-51(64)42-17-13-22-60(57-42)50(63)43(25-34-14-11-15-35(36)24-34)56-48(61)46(32(2)3)58(7)49(62)37-26-38(27-37)55-31-53-21-23-65-8/h11-12,14-16,18-20,24,28,32-33,37-38,42-43,46,57H,10,13,17,21-23,25-27,29-30H2,1-9H3,(H,56,61)/t33-,37-,38-,42-,43-,46?/m0/s1. The number of amides is 3. The van der Waals surface area contributed by atoms with E-state index in [9.17, 15) is 19.2 Å². The molecule has 2 aromatic heterocycles. The number of cyclic esters (lactones) is 1. The fourth-order valence-corrected chi connectivity index (χ4v) is 9.80. The van der Waals surface area contributed by atoms with Crippen LogP contribution < -0.4 is 10.7 Å². The van der Waals surface area contributed by atoms with Gasteiger partial charge in [0.25, 0.3) is 5.91 Å². The largest absolute Gasteiger partial charge is 0.464 e. The highest BCUT2D eigenvalue weighted by Crippen LogP contribution is 2.42. The van der Waals surface area contributed by atoms with Crippen LogP contribution in [0.4, 0.5) is 0 Å². The van der Waals surface area contributed by atoms with Gasteiger partial charge in [-0.1, -0.05) is 58.0 Å². The molecule has 1 saturated carbocycles. The Balaban J connectivity index is 1.24. The van der Waals surface area contributed by atoms with E-state index in [4.69, 9.17) is 19.2 Å². The number of pyridine rings is 1. The molecule has 358 valence electrons. The van der Waals surface area contributed by atoms with Crippen molar-refractivity contribution >= 4 is 40.6 Å². The van der Waals surface area contributed by atoms with Crippen LogP contribution >= 0.6 is 0 Å². The number of likely N-dealkylation sites (N-methyl/N-ethyl adjacent to an activating group) is 1. The lowest BCUT2D eigenvalue weighted by Gasteiger charge is -2.39. The number of aliphatic imine (C=N–C) groups is 2. The van der Waals surface area contributed by atoms with Crippen molar-refractivity contribution in [2.45, 2.75) is 117 Å². The number of esters is 1. The predicted octanol–water partition coefficient (Wildman–Crippen LogP) is 6.83. The van der Waals surface area contributed by atoms with Crippen LogP contribution in [0, 0.1) is 17.3 Å². The first kappa shape index (κ1) is 49.2. The van der Waals surface area contributed by atoms with Crippen molar-refractivity contribution in [3.8, 4) is 22.4 Å². The molecule has 7 rings (SSSR count). The second-order valence-corrected chi connectivity index (χ2v) is 19.4. The van der Waals surface area contributed by atoms with Gasteiger partial charge in [0, 0.05) is 74.8 Å². The Morgan fingerprint density at radius 2 is 1.85 bits per heavy atom. The Morgan fingerprint density at radius 3 is 2.58 bits per heavy atom. The Morgan fingerprint density at radius 1 is 1.07 bits per heavy atom. The van der Waals surface area contributed by atoms with Gasteiger partial charge < -0.3 is 29.0 Å². The number of aromatic nitrogens is 2. The van der Waals surface area contributed by atoms with Gasteiger partial charge in [0.15, 0.2) is 0 Å². The number of methoxy groups -OCH3 is 2. The van der Waals surface area contributed by atoms with Crippen molar-refractivity contribution in [2.24, 2.45) is 27.2 Å². The third-order valence-corrected chi connectivity index (χ3v) is 13.5. The number of aryl methyl sites for hydroxylation is 1. The van der Waals surface area contributed by atoms with E-state index in [-0.39, 0.29) is 48.8 Å². The number of nitrogens with zero attached hydrogens (tertiary/aromatic N) is 6. The van der Waals surface area contributed by atoms with Crippen LogP contribution in [0.1, 0.15) is 90.2 Å². The normalized spacial score (nSPS) is 21.6. The smallest absolute Gasteiger partial charge is 0.324 e. The summed E-state index contributed by atoms with van der Waals surface area (Å²) >= 11 is 0. The number of hydrazine groups is 1. The minimum Gasteiger partial charge on any atom is -0.464 e. The highest BCUT2D eigenvalue weighted by atomic mass is 16.5. The van der Waals surface area contributed by atoms with Crippen LogP contribution in [0.5, 0.6) is 0 Å². The van der Waals surface area contributed by atoms with Crippen molar-refractivity contribution in [1.29, 1.82) is 0 Å². The Bertz CT molecular complexity index is 2500. The van der Waals surface area contributed by atoms with E-state index in [0.29, 0.717) is 58.3 Å². The van der Waals surface area contributed by atoms with Crippen molar-refractivity contribution in [3.05, 3.63) is 77.6 Å². The lowest BCUT2D eigenvalue weighted by atomic mass is 9.79. The van der Waals surface area contributed by atoms with Crippen LogP contribution in [0.3, 0.4) is 0 Å². The molecular weight excluding hydrogens is 849 g/mol. The molecular formula is C52H68N8O7. The maximum Gasteiger partial charge on any atom is 0.324 e. The molecule has 2 fully saturated rings. The first-order chi connectivity index (χ1) is 32.1. The van der Waals surface area contributed by atoms with Crippen molar-refractivity contribution in [3.63, 3.8) is 0 Å². The zero-order chi connectivity index (χ0) is 48.0. The minimum absolute atomic E-state index is 0.0610. The van der Waals surface area contributed by atoms with E-state index in [1.165, 1.54) is 9.91 Å². The van der Waals surface area contributed by atoms with Gasteiger partial charge in [-0.2, -0.15) is 0 Å². The fourth-order valence-electron chi connectivity index (χ4n) is 9.80. The molecule has 3 aliphatic rings. The monoisotopic (exact) mass is 917 g/mol. The molecule has 4 heterocycles. The van der Waals surface area contributed by atoms with Gasteiger partial charge in [-0.15, -0.1) is 0 Å². The molecule has 0 spiro atoms. The highest BCUT2D eigenvalue weighted by Gasteiger charge is 2.42. The maximum atomic E-state index is 14.7. The molecule has 6 bridgehead atoms. The second-order valence-electron chi connectivity index (χ2n) is 19.4. The molecule has 2 aromatic carbocycles. The van der Waals surface area contributed by atoms with Crippen LogP contribution in [0.25, 0.3) is 33.3 Å².